The Morgan fingerprint density at radius 1 is 1.13 bits per heavy atom. The van der Waals surface area contributed by atoms with Gasteiger partial charge in [-0.1, -0.05) is 24.3 Å². The highest BCUT2D eigenvalue weighted by Gasteiger charge is 2.18. The third-order valence-electron chi connectivity index (χ3n) is 3.65. The summed E-state index contributed by atoms with van der Waals surface area (Å²) in [5.74, 6) is 0.801. The number of anilines is 1. The SMILES string of the molecule is COc1ccccc1CNc1cc(S(=O)(=O)N(C)C)ccc1C. The molecule has 2 rings (SSSR count). The molecule has 5 nitrogen and oxygen atoms in total. The molecular formula is C17H22N2O3S. The minimum Gasteiger partial charge on any atom is -0.496 e. The summed E-state index contributed by atoms with van der Waals surface area (Å²) in [6.07, 6.45) is 0. The Kier molecular flexibility index (Phi) is 5.28. The summed E-state index contributed by atoms with van der Waals surface area (Å²) < 4.78 is 31.0. The lowest BCUT2D eigenvalue weighted by Crippen LogP contribution is -2.22. The average Bonchev–Trinajstić information content (AvgIpc) is 2.54. The van der Waals surface area contributed by atoms with Gasteiger partial charge in [0, 0.05) is 31.9 Å². The number of benzene rings is 2. The normalized spacial score (nSPS) is 11.5. The third-order valence-corrected chi connectivity index (χ3v) is 5.46. The van der Waals surface area contributed by atoms with Gasteiger partial charge >= 0.3 is 0 Å². The van der Waals surface area contributed by atoms with Crippen LogP contribution in [0.4, 0.5) is 5.69 Å². The van der Waals surface area contributed by atoms with Crippen LogP contribution in [0.15, 0.2) is 47.4 Å². The van der Waals surface area contributed by atoms with Gasteiger partial charge in [-0.25, -0.2) is 12.7 Å². The van der Waals surface area contributed by atoms with Crippen molar-refractivity contribution in [3.05, 3.63) is 53.6 Å². The molecule has 124 valence electrons. The van der Waals surface area contributed by atoms with Crippen LogP contribution in [0.5, 0.6) is 5.75 Å². The average molecular weight is 334 g/mol. The molecule has 0 atom stereocenters. The van der Waals surface area contributed by atoms with Crippen LogP contribution < -0.4 is 10.1 Å². The van der Waals surface area contributed by atoms with Crippen molar-refractivity contribution in [1.82, 2.24) is 4.31 Å². The number of aryl methyl sites for hydroxylation is 1. The molecular weight excluding hydrogens is 312 g/mol. The Balaban J connectivity index is 2.27. The van der Waals surface area contributed by atoms with E-state index in [9.17, 15) is 8.42 Å². The summed E-state index contributed by atoms with van der Waals surface area (Å²) in [5, 5.41) is 3.29. The number of sulfonamides is 1. The molecule has 0 aliphatic rings. The number of nitrogens with zero attached hydrogens (tertiary/aromatic N) is 1. The predicted octanol–water partition coefficient (Wildman–Crippen LogP) is 2.87. The zero-order valence-corrected chi connectivity index (χ0v) is 14.6. The maximum Gasteiger partial charge on any atom is 0.242 e. The molecule has 0 aromatic heterocycles. The summed E-state index contributed by atoms with van der Waals surface area (Å²) in [7, 11) is 1.24. The molecule has 0 spiro atoms. The van der Waals surface area contributed by atoms with Crippen LogP contribution in [0.25, 0.3) is 0 Å². The summed E-state index contributed by atoms with van der Waals surface area (Å²) >= 11 is 0. The van der Waals surface area contributed by atoms with Crippen LogP contribution in [0.3, 0.4) is 0 Å². The third kappa shape index (κ3) is 3.83. The monoisotopic (exact) mass is 334 g/mol. The van der Waals surface area contributed by atoms with E-state index in [2.05, 4.69) is 5.32 Å². The van der Waals surface area contributed by atoms with E-state index in [1.165, 1.54) is 18.4 Å². The molecule has 0 heterocycles. The topological polar surface area (TPSA) is 58.6 Å². The van der Waals surface area contributed by atoms with E-state index in [0.29, 0.717) is 6.54 Å². The van der Waals surface area contributed by atoms with Gasteiger partial charge in [-0.15, -0.1) is 0 Å². The molecule has 0 radical (unpaired) electrons. The van der Waals surface area contributed by atoms with E-state index in [1.54, 1.807) is 25.3 Å². The van der Waals surface area contributed by atoms with Crippen LogP contribution in [0, 0.1) is 6.92 Å². The second kappa shape index (κ2) is 7.02. The quantitative estimate of drug-likeness (QED) is 0.882. The molecule has 0 aliphatic heterocycles. The molecule has 2 aromatic carbocycles. The Hall–Kier alpha value is -2.05. The van der Waals surface area contributed by atoms with E-state index in [0.717, 1.165) is 22.6 Å². The fourth-order valence-electron chi connectivity index (χ4n) is 2.20. The van der Waals surface area contributed by atoms with Crippen LogP contribution in [-0.2, 0) is 16.6 Å². The molecule has 23 heavy (non-hydrogen) atoms. The number of nitrogens with one attached hydrogen (secondary N) is 1. The van der Waals surface area contributed by atoms with Crippen molar-refractivity contribution in [1.29, 1.82) is 0 Å². The van der Waals surface area contributed by atoms with Gasteiger partial charge < -0.3 is 10.1 Å². The minimum atomic E-state index is -3.44. The van der Waals surface area contributed by atoms with E-state index in [4.69, 9.17) is 4.74 Å². The molecule has 0 unspecified atom stereocenters. The first-order chi connectivity index (χ1) is 10.9. The van der Waals surface area contributed by atoms with Gasteiger partial charge in [-0.3, -0.25) is 0 Å². The van der Waals surface area contributed by atoms with Crippen molar-refractivity contribution in [2.75, 3.05) is 26.5 Å². The Labute approximate surface area is 137 Å². The minimum absolute atomic E-state index is 0.274. The Morgan fingerprint density at radius 3 is 2.48 bits per heavy atom. The second-order valence-electron chi connectivity index (χ2n) is 5.43. The van der Waals surface area contributed by atoms with Gasteiger partial charge in [0.25, 0.3) is 0 Å². The standard InChI is InChI=1S/C17H22N2O3S/c1-13-9-10-15(23(20,21)19(2)3)11-16(13)18-12-14-7-5-6-8-17(14)22-4/h5-11,18H,12H2,1-4H3. The number of para-hydroxylation sites is 1. The second-order valence-corrected chi connectivity index (χ2v) is 7.58. The predicted molar refractivity (Wildman–Crippen MR) is 92.4 cm³/mol. The number of hydrogen-bond acceptors (Lipinski definition) is 4. The first-order valence-corrected chi connectivity index (χ1v) is 8.69. The lowest BCUT2D eigenvalue weighted by molar-refractivity contribution is 0.410. The van der Waals surface area contributed by atoms with Gasteiger partial charge in [0.2, 0.25) is 10.0 Å². The van der Waals surface area contributed by atoms with Crippen molar-refractivity contribution in [3.8, 4) is 5.75 Å². The van der Waals surface area contributed by atoms with E-state index >= 15 is 0 Å². The summed E-state index contributed by atoms with van der Waals surface area (Å²) in [6.45, 7) is 2.49. The number of ether oxygens (including phenoxy) is 1. The largest absolute Gasteiger partial charge is 0.496 e. The zero-order valence-electron chi connectivity index (χ0n) is 13.8. The van der Waals surface area contributed by atoms with E-state index in [-0.39, 0.29) is 4.90 Å². The highest BCUT2D eigenvalue weighted by Crippen LogP contribution is 2.24. The molecule has 6 heteroatoms. The molecule has 0 bridgehead atoms. The van der Waals surface area contributed by atoms with Gasteiger partial charge in [0.05, 0.1) is 12.0 Å². The molecule has 0 aliphatic carbocycles. The van der Waals surface area contributed by atoms with Crippen molar-refractivity contribution in [3.63, 3.8) is 0 Å². The number of hydrogen-bond donors (Lipinski definition) is 1. The van der Waals surface area contributed by atoms with Crippen LogP contribution in [-0.4, -0.2) is 33.9 Å². The first kappa shape index (κ1) is 17.3. The summed E-state index contributed by atoms with van der Waals surface area (Å²) in [5.41, 5.74) is 2.78. The Bertz CT molecular complexity index is 786. The summed E-state index contributed by atoms with van der Waals surface area (Å²) in [4.78, 5) is 0.274. The zero-order chi connectivity index (χ0) is 17.0. The smallest absolute Gasteiger partial charge is 0.242 e. The Morgan fingerprint density at radius 2 is 1.83 bits per heavy atom. The lowest BCUT2D eigenvalue weighted by atomic mass is 10.1. The molecule has 0 amide bonds. The first-order valence-electron chi connectivity index (χ1n) is 7.25. The van der Waals surface area contributed by atoms with Crippen molar-refractivity contribution >= 4 is 15.7 Å². The number of methoxy groups -OCH3 is 1. The van der Waals surface area contributed by atoms with Gasteiger partial charge in [-0.2, -0.15) is 0 Å². The van der Waals surface area contributed by atoms with Crippen molar-refractivity contribution in [2.24, 2.45) is 0 Å². The highest BCUT2D eigenvalue weighted by atomic mass is 32.2. The van der Waals surface area contributed by atoms with Gasteiger partial charge in [0.1, 0.15) is 5.75 Å². The maximum atomic E-state index is 12.2. The van der Waals surface area contributed by atoms with Gasteiger partial charge in [-0.05, 0) is 30.7 Å². The fraction of sp³-hybridized carbons (Fsp3) is 0.294. The maximum absolute atomic E-state index is 12.2. The molecule has 1 N–H and O–H groups in total. The molecule has 0 saturated heterocycles. The summed E-state index contributed by atoms with van der Waals surface area (Å²) in [6, 6.07) is 12.8. The number of rotatable bonds is 6. The molecule has 0 saturated carbocycles. The van der Waals surface area contributed by atoms with Crippen LogP contribution in [0.2, 0.25) is 0 Å². The van der Waals surface area contributed by atoms with E-state index in [1.807, 2.05) is 31.2 Å². The van der Waals surface area contributed by atoms with Crippen molar-refractivity contribution < 1.29 is 13.2 Å². The molecule has 0 fully saturated rings. The van der Waals surface area contributed by atoms with Gasteiger partial charge in [0.15, 0.2) is 0 Å². The fourth-order valence-corrected chi connectivity index (χ4v) is 3.13. The van der Waals surface area contributed by atoms with Crippen LogP contribution >= 0.6 is 0 Å². The van der Waals surface area contributed by atoms with Crippen LogP contribution in [0.1, 0.15) is 11.1 Å². The van der Waals surface area contributed by atoms with Crippen molar-refractivity contribution in [2.45, 2.75) is 18.4 Å². The molecule has 2 aromatic rings. The lowest BCUT2D eigenvalue weighted by Gasteiger charge is -2.15. The highest BCUT2D eigenvalue weighted by molar-refractivity contribution is 7.89. The van der Waals surface area contributed by atoms with E-state index < -0.39 is 10.0 Å².